The number of unbranched alkanes of at least 4 members (excludes halogenated alkanes) is 1. The van der Waals surface area contributed by atoms with Crippen LogP contribution in [0.25, 0.3) is 0 Å². The molecular weight excluding hydrogens is 344 g/mol. The van der Waals surface area contributed by atoms with Crippen LogP contribution in [0.1, 0.15) is 56.2 Å². The Hall–Kier alpha value is -2.13. The first-order chi connectivity index (χ1) is 13.7. The molecule has 0 radical (unpaired) electrons. The molecule has 28 heavy (non-hydrogen) atoms. The van der Waals surface area contributed by atoms with Crippen LogP contribution >= 0.6 is 0 Å². The number of nitrogens with zero attached hydrogens (tertiary/aromatic N) is 1. The molecule has 0 bridgehead atoms. The van der Waals surface area contributed by atoms with Gasteiger partial charge in [0.15, 0.2) is 0 Å². The van der Waals surface area contributed by atoms with Gasteiger partial charge in [-0.3, -0.25) is 4.79 Å². The summed E-state index contributed by atoms with van der Waals surface area (Å²) >= 11 is 0. The first-order valence-electron chi connectivity index (χ1n) is 10.8. The second-order valence-electron chi connectivity index (χ2n) is 8.04. The summed E-state index contributed by atoms with van der Waals surface area (Å²) in [7, 11) is 0. The fraction of sp³-hybridized carbons (Fsp3) is 0.480. The van der Waals surface area contributed by atoms with Crippen LogP contribution < -0.4 is 5.32 Å². The lowest BCUT2D eigenvalue weighted by Crippen LogP contribution is -2.40. The van der Waals surface area contributed by atoms with Crippen molar-refractivity contribution in [3.63, 3.8) is 0 Å². The monoisotopic (exact) mass is 378 g/mol. The molecule has 0 aliphatic heterocycles. The molecule has 2 aromatic rings. The number of aryl methyl sites for hydroxylation is 2. The van der Waals surface area contributed by atoms with E-state index in [1.54, 1.807) is 6.92 Å². The predicted octanol–water partition coefficient (Wildman–Crippen LogP) is 5.24. The van der Waals surface area contributed by atoms with Gasteiger partial charge in [0.25, 0.3) is 0 Å². The Labute approximate surface area is 170 Å². The van der Waals surface area contributed by atoms with Gasteiger partial charge in [-0.2, -0.15) is 0 Å². The summed E-state index contributed by atoms with van der Waals surface area (Å²) in [6.45, 7) is 6.21. The van der Waals surface area contributed by atoms with Crippen LogP contribution in [-0.2, 0) is 24.1 Å². The Bertz CT molecular complexity index is 756. The Balaban J connectivity index is 1.56. The van der Waals surface area contributed by atoms with Crippen molar-refractivity contribution in [2.24, 2.45) is 0 Å². The fourth-order valence-corrected chi connectivity index (χ4v) is 4.38. The van der Waals surface area contributed by atoms with Crippen molar-refractivity contribution in [3.05, 3.63) is 65.2 Å². The summed E-state index contributed by atoms with van der Waals surface area (Å²) in [6.07, 6.45) is 8.37. The standard InChI is InChI=1S/C25H34N2O/c1-3-16-27(17-8-7-11-21-9-5-4-6-10-21)25-15-13-22-12-14-24(26-20(2)28)18-23(22)19-25/h4-6,9-10,12,14,18,25H,3,7-8,11,13,15-17,19H2,1-2H3,(H,26,28). The molecule has 0 spiro atoms. The fourth-order valence-electron chi connectivity index (χ4n) is 4.38. The molecule has 0 saturated carbocycles. The Kier molecular flexibility index (Phi) is 7.67. The average Bonchev–Trinajstić information content (AvgIpc) is 2.70. The largest absolute Gasteiger partial charge is 0.326 e. The van der Waals surface area contributed by atoms with E-state index in [1.165, 1.54) is 61.9 Å². The summed E-state index contributed by atoms with van der Waals surface area (Å²) in [5.74, 6) is -0.00154. The highest BCUT2D eigenvalue weighted by Gasteiger charge is 2.24. The van der Waals surface area contributed by atoms with Crippen molar-refractivity contribution in [1.82, 2.24) is 4.90 Å². The van der Waals surface area contributed by atoms with Gasteiger partial charge < -0.3 is 10.2 Å². The highest BCUT2D eigenvalue weighted by molar-refractivity contribution is 5.88. The summed E-state index contributed by atoms with van der Waals surface area (Å²) in [6, 6.07) is 17.9. The molecule has 3 rings (SSSR count). The molecular formula is C25H34N2O. The Morgan fingerprint density at radius 3 is 2.64 bits per heavy atom. The third kappa shape index (κ3) is 5.93. The highest BCUT2D eigenvalue weighted by atomic mass is 16.1. The molecule has 1 amide bonds. The number of carbonyl (C=O) groups excluding carboxylic acids is 1. The van der Waals surface area contributed by atoms with Crippen molar-refractivity contribution in [2.45, 2.75) is 64.8 Å². The molecule has 3 nitrogen and oxygen atoms in total. The van der Waals surface area contributed by atoms with Crippen molar-refractivity contribution >= 4 is 11.6 Å². The molecule has 1 aliphatic rings. The first-order valence-corrected chi connectivity index (χ1v) is 10.8. The van der Waals surface area contributed by atoms with E-state index in [4.69, 9.17) is 0 Å². The topological polar surface area (TPSA) is 32.3 Å². The van der Waals surface area contributed by atoms with Gasteiger partial charge in [0, 0.05) is 18.7 Å². The zero-order chi connectivity index (χ0) is 19.8. The molecule has 1 aliphatic carbocycles. The minimum atomic E-state index is -0.00154. The van der Waals surface area contributed by atoms with Gasteiger partial charge in [-0.05, 0) is 86.9 Å². The van der Waals surface area contributed by atoms with Crippen molar-refractivity contribution in [1.29, 1.82) is 0 Å². The molecule has 2 aromatic carbocycles. The zero-order valence-corrected chi connectivity index (χ0v) is 17.4. The zero-order valence-electron chi connectivity index (χ0n) is 17.4. The SMILES string of the molecule is CCCN(CCCCc1ccccc1)C1CCc2ccc(NC(C)=O)cc2C1. The predicted molar refractivity (Wildman–Crippen MR) is 118 cm³/mol. The van der Waals surface area contributed by atoms with E-state index in [-0.39, 0.29) is 5.91 Å². The van der Waals surface area contributed by atoms with E-state index in [0.29, 0.717) is 6.04 Å². The summed E-state index contributed by atoms with van der Waals surface area (Å²) in [5.41, 5.74) is 5.23. The number of fused-ring (bicyclic) bond motifs is 1. The van der Waals surface area contributed by atoms with Gasteiger partial charge in [0.05, 0.1) is 0 Å². The van der Waals surface area contributed by atoms with Crippen LogP contribution in [0.4, 0.5) is 5.69 Å². The smallest absolute Gasteiger partial charge is 0.221 e. The number of benzene rings is 2. The van der Waals surface area contributed by atoms with Crippen LogP contribution in [0, 0.1) is 0 Å². The summed E-state index contributed by atoms with van der Waals surface area (Å²) in [5, 5.41) is 2.93. The number of amides is 1. The molecule has 1 atom stereocenters. The quantitative estimate of drug-likeness (QED) is 0.605. The van der Waals surface area contributed by atoms with Gasteiger partial charge in [0.2, 0.25) is 5.91 Å². The number of hydrogen-bond acceptors (Lipinski definition) is 2. The summed E-state index contributed by atoms with van der Waals surface area (Å²) < 4.78 is 0. The van der Waals surface area contributed by atoms with E-state index >= 15 is 0 Å². The normalized spacial score (nSPS) is 16.0. The lowest BCUT2D eigenvalue weighted by molar-refractivity contribution is -0.114. The van der Waals surface area contributed by atoms with E-state index in [0.717, 1.165) is 18.5 Å². The maximum Gasteiger partial charge on any atom is 0.221 e. The Morgan fingerprint density at radius 1 is 1.07 bits per heavy atom. The third-order valence-corrected chi connectivity index (χ3v) is 5.76. The maximum atomic E-state index is 11.4. The molecule has 0 aromatic heterocycles. The second-order valence-corrected chi connectivity index (χ2v) is 8.04. The van der Waals surface area contributed by atoms with Gasteiger partial charge in [0.1, 0.15) is 0 Å². The maximum absolute atomic E-state index is 11.4. The number of nitrogens with one attached hydrogen (secondary N) is 1. The van der Waals surface area contributed by atoms with Crippen LogP contribution in [0.3, 0.4) is 0 Å². The molecule has 1 unspecified atom stereocenters. The molecule has 150 valence electrons. The van der Waals surface area contributed by atoms with Crippen molar-refractivity contribution in [3.8, 4) is 0 Å². The van der Waals surface area contributed by atoms with Gasteiger partial charge >= 0.3 is 0 Å². The van der Waals surface area contributed by atoms with Crippen LogP contribution in [0.5, 0.6) is 0 Å². The lowest BCUT2D eigenvalue weighted by Gasteiger charge is -2.35. The molecule has 3 heteroatoms. The number of carbonyl (C=O) groups is 1. The first kappa shape index (κ1) is 20.6. The van der Waals surface area contributed by atoms with E-state index in [2.05, 4.69) is 59.6 Å². The van der Waals surface area contributed by atoms with E-state index in [9.17, 15) is 4.79 Å². The van der Waals surface area contributed by atoms with Crippen LogP contribution in [-0.4, -0.2) is 29.9 Å². The molecule has 1 N–H and O–H groups in total. The number of rotatable bonds is 9. The van der Waals surface area contributed by atoms with Gasteiger partial charge in [-0.1, -0.05) is 43.3 Å². The Morgan fingerprint density at radius 2 is 1.89 bits per heavy atom. The molecule has 0 fully saturated rings. The van der Waals surface area contributed by atoms with E-state index < -0.39 is 0 Å². The minimum Gasteiger partial charge on any atom is -0.326 e. The third-order valence-electron chi connectivity index (χ3n) is 5.76. The number of hydrogen-bond donors (Lipinski definition) is 1. The summed E-state index contributed by atoms with van der Waals surface area (Å²) in [4.78, 5) is 14.1. The molecule has 0 saturated heterocycles. The van der Waals surface area contributed by atoms with Crippen molar-refractivity contribution < 1.29 is 4.79 Å². The number of anilines is 1. The average molecular weight is 379 g/mol. The molecule has 0 heterocycles. The van der Waals surface area contributed by atoms with Crippen molar-refractivity contribution in [2.75, 3.05) is 18.4 Å². The van der Waals surface area contributed by atoms with E-state index in [1.807, 2.05) is 6.07 Å². The van der Waals surface area contributed by atoms with Gasteiger partial charge in [-0.15, -0.1) is 0 Å². The highest BCUT2D eigenvalue weighted by Crippen LogP contribution is 2.27. The lowest BCUT2D eigenvalue weighted by atomic mass is 9.87. The van der Waals surface area contributed by atoms with Crippen LogP contribution in [0.15, 0.2) is 48.5 Å². The minimum absolute atomic E-state index is 0.00154. The van der Waals surface area contributed by atoms with Gasteiger partial charge in [-0.25, -0.2) is 0 Å². The van der Waals surface area contributed by atoms with Crippen LogP contribution in [0.2, 0.25) is 0 Å². The second kappa shape index (κ2) is 10.4.